The van der Waals surface area contributed by atoms with Crippen molar-refractivity contribution in [2.24, 2.45) is 5.41 Å². The average molecular weight is 409 g/mol. The number of nitrogens with one attached hydrogen (secondary N) is 1. The van der Waals surface area contributed by atoms with Gasteiger partial charge in [0.25, 0.3) is 0 Å². The van der Waals surface area contributed by atoms with Gasteiger partial charge in [0.15, 0.2) is 0 Å². The zero-order valence-corrected chi connectivity index (χ0v) is 16.5. The maximum Gasteiger partial charge on any atom is 0.409 e. The number of pyridine rings is 1. The second-order valence-corrected chi connectivity index (χ2v) is 8.26. The number of carboxylic acid groups (broad SMARTS) is 1. The van der Waals surface area contributed by atoms with Crippen LogP contribution in [0, 0.1) is 5.41 Å². The number of amides is 2. The van der Waals surface area contributed by atoms with E-state index in [1.165, 1.54) is 6.20 Å². The maximum atomic E-state index is 13.3. The van der Waals surface area contributed by atoms with E-state index in [0.29, 0.717) is 29.1 Å². The Morgan fingerprint density at radius 1 is 1.32 bits per heavy atom. The van der Waals surface area contributed by atoms with Gasteiger partial charge >= 0.3 is 6.09 Å². The highest BCUT2D eigenvalue weighted by Crippen LogP contribution is 2.43. The quantitative estimate of drug-likeness (QED) is 0.798. The van der Waals surface area contributed by atoms with Crippen molar-refractivity contribution in [3.8, 4) is 0 Å². The molecule has 3 aliphatic rings. The van der Waals surface area contributed by atoms with Gasteiger partial charge in [-0.05, 0) is 38.2 Å². The minimum Gasteiger partial charge on any atom is -0.465 e. The summed E-state index contributed by atoms with van der Waals surface area (Å²) in [5, 5.41) is 11.5. The van der Waals surface area contributed by atoms with E-state index in [0.717, 1.165) is 58.4 Å². The molecule has 4 rings (SSSR count). The lowest BCUT2D eigenvalue weighted by Crippen LogP contribution is -2.50. The van der Waals surface area contributed by atoms with Crippen LogP contribution >= 0.6 is 11.6 Å². The molecule has 0 aliphatic carbocycles. The van der Waals surface area contributed by atoms with E-state index in [1.807, 2.05) is 0 Å². The number of piperidine rings is 1. The normalized spacial score (nSPS) is 26.1. The summed E-state index contributed by atoms with van der Waals surface area (Å²) in [5.41, 5.74) is -0.0462. The standard InChI is InChI=1S/C19H25ClN4O4/c20-15-10-13(22-18(26)27)11-21-16(15)23-6-1-4-19(12-23)5-7-24(17(19)25)14-2-8-28-9-3-14/h10-11,14,22H,1-9,12H2,(H,26,27)/t19-/m1/s1. The lowest BCUT2D eigenvalue weighted by Gasteiger charge is -2.41. The zero-order valence-electron chi connectivity index (χ0n) is 15.7. The third kappa shape index (κ3) is 3.63. The van der Waals surface area contributed by atoms with Crippen LogP contribution in [0.15, 0.2) is 12.3 Å². The van der Waals surface area contributed by atoms with Gasteiger partial charge in [0.1, 0.15) is 5.82 Å². The average Bonchev–Trinajstić information content (AvgIpc) is 2.98. The number of rotatable bonds is 3. The van der Waals surface area contributed by atoms with E-state index in [4.69, 9.17) is 21.4 Å². The van der Waals surface area contributed by atoms with E-state index in [2.05, 4.69) is 20.1 Å². The lowest BCUT2D eigenvalue weighted by molar-refractivity contribution is -0.139. The van der Waals surface area contributed by atoms with Crippen LogP contribution < -0.4 is 10.2 Å². The van der Waals surface area contributed by atoms with Crippen LogP contribution in [0.1, 0.15) is 32.1 Å². The van der Waals surface area contributed by atoms with Gasteiger partial charge in [0.05, 0.1) is 22.3 Å². The number of likely N-dealkylation sites (tertiary alicyclic amines) is 1. The molecule has 0 aromatic carbocycles. The molecular weight excluding hydrogens is 384 g/mol. The number of nitrogens with zero attached hydrogens (tertiary/aromatic N) is 3. The van der Waals surface area contributed by atoms with Crippen molar-refractivity contribution in [1.82, 2.24) is 9.88 Å². The molecule has 9 heteroatoms. The van der Waals surface area contributed by atoms with Crippen LogP contribution in [0.5, 0.6) is 0 Å². The van der Waals surface area contributed by atoms with Crippen LogP contribution in [0.25, 0.3) is 0 Å². The molecule has 1 aromatic rings. The number of aromatic nitrogens is 1. The fourth-order valence-corrected chi connectivity index (χ4v) is 5.03. The van der Waals surface area contributed by atoms with Gasteiger partial charge in [-0.3, -0.25) is 10.1 Å². The minimum absolute atomic E-state index is 0.254. The number of halogens is 1. The molecule has 1 aromatic heterocycles. The van der Waals surface area contributed by atoms with Crippen molar-refractivity contribution in [2.75, 3.05) is 43.1 Å². The van der Waals surface area contributed by atoms with Gasteiger partial charge in [0.2, 0.25) is 5.91 Å². The molecule has 152 valence electrons. The minimum atomic E-state index is -1.16. The van der Waals surface area contributed by atoms with Crippen molar-refractivity contribution in [2.45, 2.75) is 38.1 Å². The van der Waals surface area contributed by atoms with Gasteiger partial charge < -0.3 is 19.6 Å². The monoisotopic (exact) mass is 408 g/mol. The highest BCUT2D eigenvalue weighted by molar-refractivity contribution is 6.33. The van der Waals surface area contributed by atoms with Crippen molar-refractivity contribution in [3.63, 3.8) is 0 Å². The van der Waals surface area contributed by atoms with E-state index >= 15 is 0 Å². The van der Waals surface area contributed by atoms with Crippen molar-refractivity contribution < 1.29 is 19.4 Å². The Hall–Kier alpha value is -2.06. The number of carbonyl (C=O) groups is 2. The summed E-state index contributed by atoms with van der Waals surface area (Å²) in [7, 11) is 0. The second kappa shape index (κ2) is 7.75. The molecule has 3 fully saturated rings. The zero-order chi connectivity index (χ0) is 19.7. The Morgan fingerprint density at radius 3 is 2.82 bits per heavy atom. The molecular formula is C19H25ClN4O4. The third-order valence-corrected chi connectivity index (χ3v) is 6.40. The summed E-state index contributed by atoms with van der Waals surface area (Å²) in [5.74, 6) is 0.860. The van der Waals surface area contributed by atoms with Gasteiger partial charge in [-0.15, -0.1) is 0 Å². The first-order valence-electron chi connectivity index (χ1n) is 9.78. The molecule has 1 spiro atoms. The van der Waals surface area contributed by atoms with E-state index in [9.17, 15) is 9.59 Å². The number of hydrogen-bond donors (Lipinski definition) is 2. The highest BCUT2D eigenvalue weighted by atomic mass is 35.5. The van der Waals surface area contributed by atoms with Crippen LogP contribution in [-0.2, 0) is 9.53 Å². The molecule has 2 amide bonds. The Balaban J connectivity index is 1.50. The number of carbonyl (C=O) groups excluding carboxylic acids is 1. The first kappa shape index (κ1) is 19.3. The number of anilines is 2. The predicted octanol–water partition coefficient (Wildman–Crippen LogP) is 2.82. The fourth-order valence-electron chi connectivity index (χ4n) is 4.74. The van der Waals surface area contributed by atoms with Gasteiger partial charge in [-0.25, -0.2) is 9.78 Å². The molecule has 0 bridgehead atoms. The SMILES string of the molecule is O=C(O)Nc1cnc(N2CCC[C@@]3(CCN(C4CCOCC4)C3=O)C2)c(Cl)c1. The Bertz CT molecular complexity index is 770. The van der Waals surface area contributed by atoms with Gasteiger partial charge in [-0.2, -0.15) is 0 Å². The van der Waals surface area contributed by atoms with E-state index in [1.54, 1.807) is 6.07 Å². The first-order valence-corrected chi connectivity index (χ1v) is 10.2. The molecule has 3 saturated heterocycles. The largest absolute Gasteiger partial charge is 0.465 e. The summed E-state index contributed by atoms with van der Waals surface area (Å²) < 4.78 is 5.44. The lowest BCUT2D eigenvalue weighted by atomic mass is 9.78. The van der Waals surface area contributed by atoms with Crippen LogP contribution in [0.4, 0.5) is 16.3 Å². The van der Waals surface area contributed by atoms with Crippen LogP contribution in [-0.4, -0.2) is 65.9 Å². The smallest absolute Gasteiger partial charge is 0.409 e. The van der Waals surface area contributed by atoms with Crippen molar-refractivity contribution in [3.05, 3.63) is 17.3 Å². The summed E-state index contributed by atoms with van der Waals surface area (Å²) in [6.07, 6.45) is 4.77. The van der Waals surface area contributed by atoms with E-state index < -0.39 is 6.09 Å². The van der Waals surface area contributed by atoms with Crippen molar-refractivity contribution >= 4 is 35.1 Å². The Morgan fingerprint density at radius 2 is 2.11 bits per heavy atom. The summed E-state index contributed by atoms with van der Waals surface area (Å²) >= 11 is 6.38. The van der Waals surface area contributed by atoms with Gasteiger partial charge in [-0.1, -0.05) is 11.6 Å². The molecule has 1 atom stereocenters. The summed E-state index contributed by atoms with van der Waals surface area (Å²) in [6, 6.07) is 1.85. The number of hydrogen-bond acceptors (Lipinski definition) is 5. The Labute approximate surface area is 168 Å². The summed E-state index contributed by atoms with van der Waals surface area (Å²) in [4.78, 5) is 32.7. The molecule has 0 saturated carbocycles. The molecule has 4 heterocycles. The second-order valence-electron chi connectivity index (χ2n) is 7.86. The maximum absolute atomic E-state index is 13.3. The van der Waals surface area contributed by atoms with Crippen molar-refractivity contribution in [1.29, 1.82) is 0 Å². The molecule has 3 aliphatic heterocycles. The molecule has 2 N–H and O–H groups in total. The predicted molar refractivity (Wildman–Crippen MR) is 105 cm³/mol. The van der Waals surface area contributed by atoms with Crippen LogP contribution in [0.3, 0.4) is 0 Å². The molecule has 0 radical (unpaired) electrons. The third-order valence-electron chi connectivity index (χ3n) is 6.13. The molecule has 28 heavy (non-hydrogen) atoms. The van der Waals surface area contributed by atoms with Crippen LogP contribution in [0.2, 0.25) is 5.02 Å². The Kier molecular flexibility index (Phi) is 5.33. The first-order chi connectivity index (χ1) is 13.5. The van der Waals surface area contributed by atoms with Gasteiger partial charge in [0, 0.05) is 38.9 Å². The molecule has 8 nitrogen and oxygen atoms in total. The fraction of sp³-hybridized carbons (Fsp3) is 0.632. The van der Waals surface area contributed by atoms with E-state index in [-0.39, 0.29) is 11.3 Å². The summed E-state index contributed by atoms with van der Waals surface area (Å²) in [6.45, 7) is 3.64. The topological polar surface area (TPSA) is 95.0 Å². The highest BCUT2D eigenvalue weighted by Gasteiger charge is 2.50. The number of ether oxygens (including phenoxy) is 1. The molecule has 0 unspecified atom stereocenters.